The summed E-state index contributed by atoms with van der Waals surface area (Å²) >= 11 is 0. The molecule has 0 amide bonds. The van der Waals surface area contributed by atoms with Gasteiger partial charge in [0, 0.05) is 5.56 Å². The minimum Gasteiger partial charge on any atom is -0.505 e. The van der Waals surface area contributed by atoms with Crippen molar-refractivity contribution in [2.24, 2.45) is 0 Å². The van der Waals surface area contributed by atoms with E-state index in [1.54, 1.807) is 0 Å². The van der Waals surface area contributed by atoms with Gasteiger partial charge in [0.2, 0.25) is 0 Å². The Morgan fingerprint density at radius 1 is 0.765 bits per heavy atom. The van der Waals surface area contributed by atoms with E-state index in [2.05, 4.69) is 0 Å². The lowest BCUT2D eigenvalue weighted by atomic mass is 10.1. The normalized spacial score (nSPS) is 9.24. The number of nitrogens with two attached hydrogens (primary N) is 2. The summed E-state index contributed by atoms with van der Waals surface area (Å²) in [6, 6.07) is 13.3. The van der Waals surface area contributed by atoms with Gasteiger partial charge in [-0.15, -0.1) is 0 Å². The maximum Gasteiger partial charge on any atom is 0.145 e. The van der Waals surface area contributed by atoms with Crippen LogP contribution in [0.5, 0.6) is 11.5 Å². The summed E-state index contributed by atoms with van der Waals surface area (Å²) in [7, 11) is 0. The molecule has 0 fully saturated rings. The summed E-state index contributed by atoms with van der Waals surface area (Å²) in [4.78, 5) is 0. The lowest BCUT2D eigenvalue weighted by Crippen LogP contribution is -1.93. The fourth-order valence-corrected chi connectivity index (χ4v) is 1.23. The number of rotatable bonds is 0. The first-order valence-corrected chi connectivity index (χ1v) is 5.10. The standard InChI is InChI=1S/C7H10N2O2.C6H6/c1-3-6(10)4(8)2-5(9)7(3)11;1-2-4-6-5-3-1/h2,10-11H,8-9H2,1H3;1-6H. The van der Waals surface area contributed by atoms with Crippen molar-refractivity contribution >= 4 is 11.4 Å². The molecule has 4 heteroatoms. The third kappa shape index (κ3) is 3.31. The van der Waals surface area contributed by atoms with Crippen LogP contribution in [0.3, 0.4) is 0 Å². The molecule has 0 saturated carbocycles. The van der Waals surface area contributed by atoms with Gasteiger partial charge in [-0.3, -0.25) is 0 Å². The van der Waals surface area contributed by atoms with Gasteiger partial charge < -0.3 is 21.7 Å². The molecule has 0 aliphatic rings. The van der Waals surface area contributed by atoms with Crippen LogP contribution in [-0.4, -0.2) is 10.2 Å². The molecule has 0 saturated heterocycles. The molecule has 4 nitrogen and oxygen atoms in total. The molecule has 0 atom stereocenters. The summed E-state index contributed by atoms with van der Waals surface area (Å²) in [5, 5.41) is 18.3. The van der Waals surface area contributed by atoms with Crippen molar-refractivity contribution in [2.45, 2.75) is 6.92 Å². The topological polar surface area (TPSA) is 92.5 Å². The molecule has 0 unspecified atom stereocenters. The Kier molecular flexibility index (Phi) is 4.22. The minimum absolute atomic E-state index is 0.114. The van der Waals surface area contributed by atoms with Gasteiger partial charge in [-0.2, -0.15) is 0 Å². The van der Waals surface area contributed by atoms with Gasteiger partial charge in [0.05, 0.1) is 11.4 Å². The maximum absolute atomic E-state index is 9.17. The van der Waals surface area contributed by atoms with Crippen LogP contribution < -0.4 is 11.5 Å². The predicted octanol–water partition coefficient (Wildman–Crippen LogP) is 2.26. The second kappa shape index (κ2) is 5.65. The van der Waals surface area contributed by atoms with Crippen LogP contribution in [0.2, 0.25) is 0 Å². The van der Waals surface area contributed by atoms with Crippen molar-refractivity contribution in [1.82, 2.24) is 0 Å². The highest BCUT2D eigenvalue weighted by Gasteiger charge is 2.08. The van der Waals surface area contributed by atoms with Crippen molar-refractivity contribution in [2.75, 3.05) is 11.5 Å². The van der Waals surface area contributed by atoms with Crippen molar-refractivity contribution in [3.8, 4) is 11.5 Å². The van der Waals surface area contributed by atoms with Crippen LogP contribution in [0.25, 0.3) is 0 Å². The second-order valence-electron chi connectivity index (χ2n) is 3.53. The molecule has 2 rings (SSSR count). The zero-order chi connectivity index (χ0) is 12.8. The van der Waals surface area contributed by atoms with Crippen LogP contribution in [0, 0.1) is 6.92 Å². The molecule has 0 aliphatic heterocycles. The number of nitrogen functional groups attached to an aromatic ring is 2. The third-order valence-electron chi connectivity index (χ3n) is 2.23. The maximum atomic E-state index is 9.17. The highest BCUT2D eigenvalue weighted by molar-refractivity contribution is 5.70. The molecule has 90 valence electrons. The van der Waals surface area contributed by atoms with Crippen molar-refractivity contribution < 1.29 is 10.2 Å². The average molecular weight is 232 g/mol. The molecular weight excluding hydrogens is 216 g/mol. The zero-order valence-corrected chi connectivity index (χ0v) is 9.59. The Balaban J connectivity index is 0.000000202. The van der Waals surface area contributed by atoms with E-state index in [0.717, 1.165) is 0 Å². The molecule has 6 N–H and O–H groups in total. The van der Waals surface area contributed by atoms with Crippen LogP contribution in [0.15, 0.2) is 42.5 Å². The minimum atomic E-state index is -0.114. The molecule has 0 aliphatic carbocycles. The Morgan fingerprint density at radius 3 is 1.35 bits per heavy atom. The van der Waals surface area contributed by atoms with Gasteiger partial charge in [0.1, 0.15) is 11.5 Å². The van der Waals surface area contributed by atoms with Crippen molar-refractivity contribution in [3.05, 3.63) is 48.0 Å². The van der Waals surface area contributed by atoms with E-state index in [1.807, 2.05) is 36.4 Å². The highest BCUT2D eigenvalue weighted by atomic mass is 16.3. The number of hydrogen-bond donors (Lipinski definition) is 4. The van der Waals surface area contributed by atoms with Gasteiger partial charge in [0.15, 0.2) is 0 Å². The number of hydrogen-bond acceptors (Lipinski definition) is 4. The van der Waals surface area contributed by atoms with E-state index in [1.165, 1.54) is 13.0 Å². The predicted molar refractivity (Wildman–Crippen MR) is 69.8 cm³/mol. The molecule has 17 heavy (non-hydrogen) atoms. The van der Waals surface area contributed by atoms with Gasteiger partial charge in [0.25, 0.3) is 0 Å². The smallest absolute Gasteiger partial charge is 0.145 e. The number of aromatic hydroxyl groups is 2. The highest BCUT2D eigenvalue weighted by Crippen LogP contribution is 2.36. The van der Waals surface area contributed by atoms with E-state index in [-0.39, 0.29) is 22.9 Å². The van der Waals surface area contributed by atoms with Gasteiger partial charge in [-0.05, 0) is 13.0 Å². The SMILES string of the molecule is Cc1c(O)c(N)cc(N)c1O.c1ccccc1. The van der Waals surface area contributed by atoms with Crippen molar-refractivity contribution in [3.63, 3.8) is 0 Å². The lowest BCUT2D eigenvalue weighted by molar-refractivity contribution is 0.446. The summed E-state index contributed by atoms with van der Waals surface area (Å²) in [5.74, 6) is -0.228. The summed E-state index contributed by atoms with van der Waals surface area (Å²) in [5.41, 5.74) is 11.4. The Bertz CT molecular complexity index is 432. The molecule has 0 bridgehead atoms. The van der Waals surface area contributed by atoms with E-state index < -0.39 is 0 Å². The van der Waals surface area contributed by atoms with Crippen LogP contribution in [-0.2, 0) is 0 Å². The zero-order valence-electron chi connectivity index (χ0n) is 9.59. The van der Waals surface area contributed by atoms with E-state index in [9.17, 15) is 10.2 Å². The number of phenols is 2. The molecule has 0 spiro atoms. The van der Waals surface area contributed by atoms with Crippen LogP contribution in [0.4, 0.5) is 11.4 Å². The fourth-order valence-electron chi connectivity index (χ4n) is 1.23. The van der Waals surface area contributed by atoms with Gasteiger partial charge in [-0.1, -0.05) is 36.4 Å². The molecule has 2 aromatic carbocycles. The third-order valence-corrected chi connectivity index (χ3v) is 2.23. The monoisotopic (exact) mass is 232 g/mol. The van der Waals surface area contributed by atoms with Crippen molar-refractivity contribution in [1.29, 1.82) is 0 Å². The second-order valence-corrected chi connectivity index (χ2v) is 3.53. The van der Waals surface area contributed by atoms with Gasteiger partial charge >= 0.3 is 0 Å². The quantitative estimate of drug-likeness (QED) is 0.318. The Labute approximate surface area is 100 Å². The van der Waals surface area contributed by atoms with E-state index in [4.69, 9.17) is 11.5 Å². The number of anilines is 2. The number of phenolic OH excluding ortho intramolecular Hbond substituents is 2. The molecule has 0 radical (unpaired) electrons. The summed E-state index contributed by atoms with van der Waals surface area (Å²) in [6.07, 6.45) is 0. The Morgan fingerprint density at radius 2 is 1.06 bits per heavy atom. The first-order chi connectivity index (χ1) is 8.04. The first-order valence-electron chi connectivity index (χ1n) is 5.10. The molecular formula is C13H16N2O2. The van der Waals surface area contributed by atoms with Crippen LogP contribution >= 0.6 is 0 Å². The van der Waals surface area contributed by atoms with E-state index in [0.29, 0.717) is 5.56 Å². The largest absolute Gasteiger partial charge is 0.505 e. The Hall–Kier alpha value is -2.36. The molecule has 2 aromatic rings. The summed E-state index contributed by atoms with van der Waals surface area (Å²) < 4.78 is 0. The average Bonchev–Trinajstić information content (AvgIpc) is 2.37. The molecule has 0 heterocycles. The van der Waals surface area contributed by atoms with E-state index >= 15 is 0 Å². The fraction of sp³-hybridized carbons (Fsp3) is 0.0769. The molecule has 0 aromatic heterocycles. The summed E-state index contributed by atoms with van der Waals surface area (Å²) in [6.45, 7) is 1.54. The number of benzene rings is 2. The van der Waals surface area contributed by atoms with Crippen LogP contribution in [0.1, 0.15) is 5.56 Å². The lowest BCUT2D eigenvalue weighted by Gasteiger charge is -2.07. The van der Waals surface area contributed by atoms with Gasteiger partial charge in [-0.25, -0.2) is 0 Å². The first kappa shape index (κ1) is 12.7.